The molecule has 0 aliphatic heterocycles. The molecule has 0 rings (SSSR count). The number of hydrogen-bond donors (Lipinski definition) is 4. The smallest absolute Gasteiger partial charge is 0.243 e. The van der Waals surface area contributed by atoms with Crippen LogP contribution in [0.3, 0.4) is 0 Å². The molecule has 0 aliphatic carbocycles. The highest BCUT2D eigenvalue weighted by atomic mass is 16.2. The van der Waals surface area contributed by atoms with Gasteiger partial charge >= 0.3 is 0 Å². The summed E-state index contributed by atoms with van der Waals surface area (Å²) in [6.07, 6.45) is 12.4. The molecule has 0 aromatic heterocycles. The van der Waals surface area contributed by atoms with Crippen molar-refractivity contribution in [2.24, 2.45) is 0 Å². The summed E-state index contributed by atoms with van der Waals surface area (Å²) in [5, 5.41) is 11.1. The third kappa shape index (κ3) is 15.6. The first-order chi connectivity index (χ1) is 15.4. The Hall–Kier alpha value is -3.16. The summed E-state index contributed by atoms with van der Waals surface area (Å²) in [6.45, 7) is 14.4. The van der Waals surface area contributed by atoms with E-state index in [1.807, 2.05) is 0 Å². The maximum absolute atomic E-state index is 11.6. The fraction of sp³-hybridized carbons (Fsp3) is 0.500. The van der Waals surface area contributed by atoms with Gasteiger partial charge in [-0.3, -0.25) is 19.2 Å². The molecular formula is C24H38N4O4. The molecular weight excluding hydrogens is 408 g/mol. The zero-order chi connectivity index (χ0) is 24.2. The Balaban J connectivity index is 4.15. The van der Waals surface area contributed by atoms with Crippen molar-refractivity contribution in [3.05, 3.63) is 50.6 Å². The second-order valence-electron chi connectivity index (χ2n) is 7.42. The van der Waals surface area contributed by atoms with E-state index in [9.17, 15) is 19.2 Å². The molecule has 0 radical (unpaired) electrons. The SMILES string of the molecule is C=CC(=O)NCC(CCCCCCCCC(CNC(=O)C=C)NC(=O)C=C)NC(=O)C=C. The molecule has 0 fully saturated rings. The summed E-state index contributed by atoms with van der Waals surface area (Å²) in [4.78, 5) is 45.8. The van der Waals surface area contributed by atoms with Crippen LogP contribution < -0.4 is 21.3 Å². The van der Waals surface area contributed by atoms with E-state index in [2.05, 4.69) is 47.6 Å². The molecule has 0 saturated carbocycles. The predicted octanol–water partition coefficient (Wildman–Crippen LogP) is 2.05. The van der Waals surface area contributed by atoms with Crippen molar-refractivity contribution in [1.29, 1.82) is 0 Å². The minimum absolute atomic E-state index is 0.149. The van der Waals surface area contributed by atoms with Crippen molar-refractivity contribution in [3.63, 3.8) is 0 Å². The van der Waals surface area contributed by atoms with Gasteiger partial charge < -0.3 is 21.3 Å². The van der Waals surface area contributed by atoms with Crippen molar-refractivity contribution in [3.8, 4) is 0 Å². The van der Waals surface area contributed by atoms with Gasteiger partial charge in [0.05, 0.1) is 0 Å². The first kappa shape index (κ1) is 28.8. The molecule has 0 saturated heterocycles. The van der Waals surface area contributed by atoms with E-state index in [-0.39, 0.29) is 35.7 Å². The summed E-state index contributed by atoms with van der Waals surface area (Å²) < 4.78 is 0. The number of hydrogen-bond acceptors (Lipinski definition) is 4. The molecule has 0 bridgehead atoms. The van der Waals surface area contributed by atoms with Crippen LogP contribution in [0.15, 0.2) is 50.6 Å². The van der Waals surface area contributed by atoms with Crippen LogP contribution in [0.2, 0.25) is 0 Å². The van der Waals surface area contributed by atoms with Crippen LogP contribution in [0.5, 0.6) is 0 Å². The van der Waals surface area contributed by atoms with E-state index < -0.39 is 0 Å². The van der Waals surface area contributed by atoms with E-state index in [1.54, 1.807) is 0 Å². The summed E-state index contributed by atoms with van der Waals surface area (Å²) >= 11 is 0. The Kier molecular flexibility index (Phi) is 16.8. The van der Waals surface area contributed by atoms with E-state index in [0.29, 0.717) is 13.1 Å². The molecule has 2 atom stereocenters. The zero-order valence-electron chi connectivity index (χ0n) is 19.0. The standard InChI is InChI=1S/C24H38N4O4/c1-5-21(29)25-17-19(27-23(31)7-3)15-13-11-9-10-12-14-16-20(28-24(32)8-4)18-26-22(30)6-2/h5-8,19-20H,1-4,9-18H2,(H,25,29)(H,26,30)(H,27,31)(H,28,32). The van der Waals surface area contributed by atoms with Crippen LogP contribution in [0.25, 0.3) is 0 Å². The highest BCUT2D eigenvalue weighted by Crippen LogP contribution is 2.11. The lowest BCUT2D eigenvalue weighted by molar-refractivity contribution is -0.119. The van der Waals surface area contributed by atoms with Crippen LogP contribution in [0, 0.1) is 0 Å². The Morgan fingerprint density at radius 2 is 0.844 bits per heavy atom. The normalized spacial score (nSPS) is 11.9. The fourth-order valence-corrected chi connectivity index (χ4v) is 3.05. The van der Waals surface area contributed by atoms with Crippen molar-refractivity contribution < 1.29 is 19.2 Å². The third-order valence-electron chi connectivity index (χ3n) is 4.83. The lowest BCUT2D eigenvalue weighted by Gasteiger charge is -2.18. The van der Waals surface area contributed by atoms with Crippen LogP contribution in [0.1, 0.15) is 51.4 Å². The molecule has 32 heavy (non-hydrogen) atoms. The van der Waals surface area contributed by atoms with E-state index >= 15 is 0 Å². The summed E-state index contributed by atoms with van der Waals surface area (Å²) in [5.74, 6) is -1.06. The maximum atomic E-state index is 11.6. The van der Waals surface area contributed by atoms with Crippen LogP contribution in [-0.4, -0.2) is 48.8 Å². The lowest BCUT2D eigenvalue weighted by Crippen LogP contribution is -2.42. The minimum atomic E-state index is -0.269. The van der Waals surface area contributed by atoms with Gasteiger partial charge in [-0.25, -0.2) is 0 Å². The number of unbranched alkanes of at least 4 members (excludes halogenated alkanes) is 5. The van der Waals surface area contributed by atoms with Gasteiger partial charge in [0.15, 0.2) is 0 Å². The van der Waals surface area contributed by atoms with Gasteiger partial charge in [-0.1, -0.05) is 64.8 Å². The van der Waals surface area contributed by atoms with Gasteiger partial charge in [-0.15, -0.1) is 0 Å². The van der Waals surface area contributed by atoms with Crippen LogP contribution in [0.4, 0.5) is 0 Å². The Labute approximate surface area is 191 Å². The van der Waals surface area contributed by atoms with Gasteiger partial charge in [0.1, 0.15) is 0 Å². The molecule has 0 spiro atoms. The number of rotatable bonds is 19. The first-order valence-corrected chi connectivity index (χ1v) is 11.0. The minimum Gasteiger partial charge on any atom is -0.351 e. The molecule has 0 aromatic rings. The molecule has 4 amide bonds. The van der Waals surface area contributed by atoms with Crippen LogP contribution in [-0.2, 0) is 19.2 Å². The Morgan fingerprint density at radius 3 is 1.16 bits per heavy atom. The average Bonchev–Trinajstić information content (AvgIpc) is 2.80. The van der Waals surface area contributed by atoms with Crippen molar-refractivity contribution in [2.75, 3.05) is 13.1 Å². The summed E-state index contributed by atoms with van der Waals surface area (Å²) in [6, 6.07) is -0.297. The van der Waals surface area contributed by atoms with Gasteiger partial charge in [-0.05, 0) is 37.1 Å². The zero-order valence-corrected chi connectivity index (χ0v) is 19.0. The predicted molar refractivity (Wildman–Crippen MR) is 128 cm³/mol. The monoisotopic (exact) mass is 446 g/mol. The summed E-state index contributed by atoms with van der Waals surface area (Å²) in [7, 11) is 0. The highest BCUT2D eigenvalue weighted by Gasteiger charge is 2.12. The molecule has 0 aromatic carbocycles. The van der Waals surface area contributed by atoms with Crippen molar-refractivity contribution in [1.82, 2.24) is 21.3 Å². The van der Waals surface area contributed by atoms with Gasteiger partial charge in [-0.2, -0.15) is 0 Å². The second-order valence-corrected chi connectivity index (χ2v) is 7.42. The van der Waals surface area contributed by atoms with Gasteiger partial charge in [0.25, 0.3) is 0 Å². The van der Waals surface area contributed by atoms with Crippen molar-refractivity contribution >= 4 is 23.6 Å². The molecule has 4 N–H and O–H groups in total. The van der Waals surface area contributed by atoms with Gasteiger partial charge in [0, 0.05) is 25.2 Å². The molecule has 0 heterocycles. The molecule has 8 heteroatoms. The van der Waals surface area contributed by atoms with Gasteiger partial charge in [0.2, 0.25) is 23.6 Å². The number of nitrogens with one attached hydrogen (secondary N) is 4. The molecule has 0 aliphatic rings. The Bertz CT molecular complexity index is 604. The number of amides is 4. The van der Waals surface area contributed by atoms with E-state index in [1.165, 1.54) is 24.3 Å². The maximum Gasteiger partial charge on any atom is 0.243 e. The topological polar surface area (TPSA) is 116 Å². The number of carbonyl (C=O) groups excluding carboxylic acids is 4. The van der Waals surface area contributed by atoms with Crippen molar-refractivity contribution in [2.45, 2.75) is 63.5 Å². The second kappa shape index (κ2) is 18.6. The first-order valence-electron chi connectivity index (χ1n) is 11.0. The van der Waals surface area contributed by atoms with Crippen LogP contribution >= 0.6 is 0 Å². The number of carbonyl (C=O) groups is 4. The Morgan fingerprint density at radius 1 is 0.531 bits per heavy atom. The molecule has 8 nitrogen and oxygen atoms in total. The quantitative estimate of drug-likeness (QED) is 0.179. The lowest BCUT2D eigenvalue weighted by atomic mass is 10.0. The van der Waals surface area contributed by atoms with E-state index in [4.69, 9.17) is 0 Å². The average molecular weight is 447 g/mol. The summed E-state index contributed by atoms with van der Waals surface area (Å²) in [5.41, 5.74) is 0. The molecule has 178 valence electrons. The molecule has 2 unspecified atom stereocenters. The largest absolute Gasteiger partial charge is 0.351 e. The highest BCUT2D eigenvalue weighted by molar-refractivity contribution is 5.88. The third-order valence-corrected chi connectivity index (χ3v) is 4.83. The van der Waals surface area contributed by atoms with E-state index in [0.717, 1.165) is 51.4 Å². The fourth-order valence-electron chi connectivity index (χ4n) is 3.05.